The van der Waals surface area contributed by atoms with Crippen LogP contribution in [-0.2, 0) is 0 Å². The van der Waals surface area contributed by atoms with Gasteiger partial charge in [-0.2, -0.15) is 18.4 Å². The van der Waals surface area contributed by atoms with Crippen LogP contribution in [0.3, 0.4) is 0 Å². The van der Waals surface area contributed by atoms with Gasteiger partial charge >= 0.3 is 0 Å². The Kier molecular flexibility index (Phi) is 6.37. The molecule has 1 N–H and O–H groups in total. The molecule has 0 spiro atoms. The monoisotopic (exact) mass is 370 g/mol. The lowest BCUT2D eigenvalue weighted by Gasteiger charge is -2.03. The number of aromatic nitrogens is 1. The number of rotatable bonds is 2. The molecule has 0 aliphatic carbocycles. The molecular weight excluding hydrogens is 360 g/mol. The molecule has 0 unspecified atom stereocenters. The Bertz CT molecular complexity index is 780. The Labute approximate surface area is 142 Å². The molecule has 3 rings (SSSR count). The minimum absolute atomic E-state index is 0.969. The zero-order chi connectivity index (χ0) is 16.7. The van der Waals surface area contributed by atoms with Crippen molar-refractivity contribution in [3.05, 3.63) is 64.6 Å². The summed E-state index contributed by atoms with van der Waals surface area (Å²) in [5.41, 5.74) is 2.12. The van der Waals surface area contributed by atoms with Gasteiger partial charge in [0.05, 0.1) is 20.6 Å². The highest BCUT2D eigenvalue weighted by atomic mass is 35.7. The summed E-state index contributed by atoms with van der Waals surface area (Å²) in [6.07, 6.45) is 0. The molecule has 0 aliphatic rings. The van der Waals surface area contributed by atoms with Crippen LogP contribution < -0.4 is 18.0 Å². The van der Waals surface area contributed by atoms with Gasteiger partial charge in [0.1, 0.15) is 5.01 Å². The van der Waals surface area contributed by atoms with Gasteiger partial charge in [-0.1, -0.05) is 59.9 Å². The smallest absolute Gasteiger partial charge is 0.191 e. The third-order valence-electron chi connectivity index (χ3n) is 2.39. The fourth-order valence-corrected chi connectivity index (χ4v) is 3.29. The van der Waals surface area contributed by atoms with E-state index in [0.717, 1.165) is 20.2 Å². The van der Waals surface area contributed by atoms with Crippen molar-refractivity contribution >= 4 is 28.6 Å². The van der Waals surface area contributed by atoms with E-state index in [1.165, 1.54) is 11.5 Å². The second-order valence-electron chi connectivity index (χ2n) is 4.07. The molecule has 23 heavy (non-hydrogen) atoms. The molecule has 6 nitrogen and oxygen atoms in total. The number of nitrogens with zero attached hydrogens (tertiary/aromatic N) is 2. The minimum atomic E-state index is -4.69. The van der Waals surface area contributed by atoms with Crippen LogP contribution in [0.5, 0.6) is 0 Å². The number of halogens is 1. The molecule has 1 heterocycles. The van der Waals surface area contributed by atoms with E-state index in [9.17, 15) is 0 Å². The quantitative estimate of drug-likeness (QED) is 0.680. The summed E-state index contributed by atoms with van der Waals surface area (Å²) < 4.78 is 38.1. The van der Waals surface area contributed by atoms with Crippen LogP contribution in [0.1, 0.15) is 0 Å². The number of hydrogen-bond acceptors (Lipinski definition) is 8. The summed E-state index contributed by atoms with van der Waals surface area (Å²) in [5.74, 6) is 0. The zero-order valence-corrected chi connectivity index (χ0v) is 13.9. The van der Waals surface area contributed by atoms with Gasteiger partial charge in [-0.25, -0.2) is 4.99 Å². The van der Waals surface area contributed by atoms with Crippen molar-refractivity contribution in [1.82, 2.24) is 4.37 Å². The fourth-order valence-electron chi connectivity index (χ4n) is 1.54. The standard InChI is InChI=1S/C14H10N2S2.ClHO4/c1-3-7-11(8-4-1)13-16-18-14(17-13)15-12-9-5-2-6-10-12;2-1(3,4)5/h1-10H;(H,2,3,4,5). The molecule has 2 aromatic carbocycles. The van der Waals surface area contributed by atoms with Crippen LogP contribution in [0.4, 0.5) is 5.69 Å². The highest BCUT2D eigenvalue weighted by Crippen LogP contribution is 2.20. The molecule has 120 valence electrons. The van der Waals surface area contributed by atoms with Gasteiger partial charge in [-0.15, -0.1) is 0 Å². The molecule has 0 radical (unpaired) electrons. The predicted octanol–water partition coefficient (Wildman–Crippen LogP) is -0.0200. The topological polar surface area (TPSA) is 115 Å². The lowest BCUT2D eigenvalue weighted by molar-refractivity contribution is -1.92. The Hall–Kier alpha value is -1.65. The molecule has 0 bridgehead atoms. The number of hydrogen-bond donors (Lipinski definition) is 1. The van der Waals surface area contributed by atoms with Gasteiger partial charge < -0.3 is 0 Å². The van der Waals surface area contributed by atoms with Crippen LogP contribution in [0, 0.1) is 10.2 Å². The lowest BCUT2D eigenvalue weighted by atomic mass is 10.2. The third kappa shape index (κ3) is 6.97. The van der Waals surface area contributed by atoms with Crippen LogP contribution in [-0.4, -0.2) is 9.03 Å². The summed E-state index contributed by atoms with van der Waals surface area (Å²) in [5, 5.41) is 1.02. The maximum Gasteiger partial charge on any atom is 0.191 e. The largest absolute Gasteiger partial charge is 0.226 e. The second-order valence-corrected chi connectivity index (χ2v) is 6.84. The third-order valence-corrected chi connectivity index (χ3v) is 4.28. The Balaban J connectivity index is 0.000000338. The van der Waals surface area contributed by atoms with Gasteiger partial charge in [0.25, 0.3) is 0 Å². The lowest BCUT2D eigenvalue weighted by Crippen LogP contribution is -2.58. The van der Waals surface area contributed by atoms with E-state index in [0.29, 0.717) is 0 Å². The van der Waals surface area contributed by atoms with Gasteiger partial charge in [-0.05, 0) is 23.7 Å². The van der Waals surface area contributed by atoms with Crippen molar-refractivity contribution in [3.8, 4) is 10.6 Å². The van der Waals surface area contributed by atoms with Crippen LogP contribution >= 0.6 is 22.9 Å². The van der Waals surface area contributed by atoms with Gasteiger partial charge in [0, 0.05) is 5.56 Å². The zero-order valence-electron chi connectivity index (χ0n) is 11.5. The molecule has 0 fully saturated rings. The van der Waals surface area contributed by atoms with E-state index in [-0.39, 0.29) is 0 Å². The average molecular weight is 371 g/mol. The van der Waals surface area contributed by atoms with Crippen LogP contribution in [0.25, 0.3) is 10.6 Å². The summed E-state index contributed by atoms with van der Waals surface area (Å²) in [6, 6.07) is 20.1. The molecule has 9 heteroatoms. The first-order chi connectivity index (χ1) is 10.9. The van der Waals surface area contributed by atoms with Crippen molar-refractivity contribution in [3.63, 3.8) is 0 Å². The van der Waals surface area contributed by atoms with Crippen LogP contribution in [0.15, 0.2) is 65.7 Å². The number of para-hydroxylation sites is 1. The molecule has 0 saturated heterocycles. The summed E-state index contributed by atoms with van der Waals surface area (Å²) in [7, 11) is -4.69. The molecule has 1 aromatic heterocycles. The van der Waals surface area contributed by atoms with E-state index < -0.39 is 10.2 Å². The molecule has 3 aromatic rings. The summed E-state index contributed by atoms with van der Waals surface area (Å²) in [6.45, 7) is 0. The van der Waals surface area contributed by atoms with E-state index in [4.69, 9.17) is 18.6 Å². The SMILES string of the molecule is [O-][Cl+3]([O-])([O-])O.c1ccc(N=c2snc(-c3ccccc3)s2)cc1. The second kappa shape index (κ2) is 8.27. The molecular formula is C14H11ClN2O4S2. The molecule has 0 amide bonds. The highest BCUT2D eigenvalue weighted by Gasteiger charge is 2.01. The van der Waals surface area contributed by atoms with E-state index in [1.54, 1.807) is 11.3 Å². The Morgan fingerprint density at radius 1 is 0.913 bits per heavy atom. The van der Waals surface area contributed by atoms with Crippen molar-refractivity contribution in [2.24, 2.45) is 4.99 Å². The fraction of sp³-hybridized carbons (Fsp3) is 0. The first kappa shape index (κ1) is 17.7. The summed E-state index contributed by atoms with van der Waals surface area (Å²) in [4.78, 5) is 4.56. The maximum atomic E-state index is 8.60. The van der Waals surface area contributed by atoms with E-state index in [1.807, 2.05) is 48.5 Å². The Morgan fingerprint density at radius 3 is 2.00 bits per heavy atom. The highest BCUT2D eigenvalue weighted by molar-refractivity contribution is 7.25. The van der Waals surface area contributed by atoms with E-state index in [2.05, 4.69) is 21.5 Å². The summed E-state index contributed by atoms with van der Waals surface area (Å²) >= 11 is 3.06. The van der Waals surface area contributed by atoms with Crippen molar-refractivity contribution in [2.75, 3.05) is 0 Å². The maximum absolute atomic E-state index is 8.60. The van der Waals surface area contributed by atoms with Gasteiger partial charge in [0.15, 0.2) is 3.98 Å². The first-order valence-corrected chi connectivity index (χ1v) is 9.02. The van der Waals surface area contributed by atoms with Crippen LogP contribution in [0.2, 0.25) is 0 Å². The van der Waals surface area contributed by atoms with Gasteiger partial charge in [-0.3, -0.25) is 0 Å². The van der Waals surface area contributed by atoms with Crippen molar-refractivity contribution in [2.45, 2.75) is 0 Å². The minimum Gasteiger partial charge on any atom is -0.226 e. The molecule has 0 atom stereocenters. The number of benzene rings is 2. The van der Waals surface area contributed by atoms with Gasteiger partial charge in [0.2, 0.25) is 0 Å². The molecule has 0 saturated carbocycles. The van der Waals surface area contributed by atoms with Crippen molar-refractivity contribution in [1.29, 1.82) is 0 Å². The van der Waals surface area contributed by atoms with Crippen molar-refractivity contribution < 1.29 is 28.9 Å². The Morgan fingerprint density at radius 2 is 1.43 bits per heavy atom. The first-order valence-electron chi connectivity index (χ1n) is 6.17. The normalized spacial score (nSPS) is 11.7. The predicted molar refractivity (Wildman–Crippen MR) is 79.3 cm³/mol. The molecule has 0 aliphatic heterocycles. The van der Waals surface area contributed by atoms with E-state index >= 15 is 0 Å². The average Bonchev–Trinajstić information content (AvgIpc) is 2.96.